The number of carbonyl (C=O) groups is 3. The van der Waals surface area contributed by atoms with E-state index >= 15 is 0 Å². The van der Waals surface area contributed by atoms with Gasteiger partial charge in [0, 0.05) is 50.7 Å². The van der Waals surface area contributed by atoms with Gasteiger partial charge in [0.25, 0.3) is 5.91 Å². The maximum Gasteiger partial charge on any atom is 0.302 e. The van der Waals surface area contributed by atoms with Crippen molar-refractivity contribution < 1.29 is 28.6 Å². The van der Waals surface area contributed by atoms with Gasteiger partial charge in [-0.25, -0.2) is 0 Å². The molecule has 2 aromatic rings. The lowest BCUT2D eigenvalue weighted by atomic mass is 9.95. The van der Waals surface area contributed by atoms with E-state index in [0.29, 0.717) is 49.6 Å². The van der Waals surface area contributed by atoms with Crippen molar-refractivity contribution in [1.82, 2.24) is 4.90 Å². The minimum atomic E-state index is -0.333. The van der Waals surface area contributed by atoms with Crippen LogP contribution in [0.2, 0.25) is 0 Å². The van der Waals surface area contributed by atoms with Crippen LogP contribution in [0.1, 0.15) is 48.5 Å². The maximum atomic E-state index is 13.4. The van der Waals surface area contributed by atoms with Gasteiger partial charge in [-0.3, -0.25) is 14.4 Å². The predicted octanol–water partition coefficient (Wildman–Crippen LogP) is 3.61. The molecule has 0 atom stereocenters. The SMILES string of the molecule is COc1ccc(C(=O)N2CCC(N3C(=O)CCc4ccccc43)CC2)c(OCCCOC(C)=O)c1. The topological polar surface area (TPSA) is 85.4 Å². The van der Waals surface area contributed by atoms with Gasteiger partial charge < -0.3 is 24.0 Å². The number of benzene rings is 2. The molecule has 1 saturated heterocycles. The van der Waals surface area contributed by atoms with Crippen LogP contribution in [0.15, 0.2) is 42.5 Å². The number of piperidine rings is 1. The summed E-state index contributed by atoms with van der Waals surface area (Å²) in [5, 5.41) is 0. The Morgan fingerprint density at radius 1 is 1.03 bits per heavy atom. The van der Waals surface area contributed by atoms with Crippen LogP contribution >= 0.6 is 0 Å². The Morgan fingerprint density at radius 2 is 1.80 bits per heavy atom. The van der Waals surface area contributed by atoms with Gasteiger partial charge in [-0.15, -0.1) is 0 Å². The van der Waals surface area contributed by atoms with E-state index in [0.717, 1.165) is 24.9 Å². The number of likely N-dealkylation sites (tertiary alicyclic amines) is 1. The summed E-state index contributed by atoms with van der Waals surface area (Å²) >= 11 is 0. The summed E-state index contributed by atoms with van der Waals surface area (Å²) in [6.07, 6.45) is 3.27. The lowest BCUT2D eigenvalue weighted by molar-refractivity contribution is -0.141. The third-order valence-corrected chi connectivity index (χ3v) is 6.52. The number of nitrogens with zero attached hydrogens (tertiary/aromatic N) is 2. The second-order valence-corrected chi connectivity index (χ2v) is 8.82. The zero-order valence-electron chi connectivity index (χ0n) is 20.3. The van der Waals surface area contributed by atoms with Gasteiger partial charge in [0.05, 0.1) is 25.9 Å². The van der Waals surface area contributed by atoms with E-state index in [-0.39, 0.29) is 30.4 Å². The van der Waals surface area contributed by atoms with Gasteiger partial charge >= 0.3 is 5.97 Å². The molecular weight excluding hydrogens is 448 g/mol. The first-order chi connectivity index (χ1) is 17.0. The lowest BCUT2D eigenvalue weighted by Gasteiger charge is -2.41. The molecule has 1 fully saturated rings. The van der Waals surface area contributed by atoms with Crippen LogP contribution in [0, 0.1) is 0 Å². The van der Waals surface area contributed by atoms with Crippen molar-refractivity contribution in [2.24, 2.45) is 0 Å². The molecule has 4 rings (SSSR count). The number of aryl methyl sites for hydroxylation is 1. The van der Waals surface area contributed by atoms with Crippen LogP contribution in [0.3, 0.4) is 0 Å². The van der Waals surface area contributed by atoms with E-state index < -0.39 is 0 Å². The standard InChI is InChI=1S/C27H32N2O6/c1-19(30)34-16-5-17-35-25-18-22(33-2)9-10-23(25)27(32)28-14-12-21(13-15-28)29-24-7-4-3-6-20(24)8-11-26(29)31/h3-4,6-7,9-10,18,21H,5,8,11-17H2,1-2H3. The average Bonchev–Trinajstić information content (AvgIpc) is 2.88. The number of methoxy groups -OCH3 is 1. The Kier molecular flexibility index (Phi) is 7.90. The molecule has 2 aromatic carbocycles. The summed E-state index contributed by atoms with van der Waals surface area (Å²) in [7, 11) is 1.56. The fourth-order valence-electron chi connectivity index (χ4n) is 4.73. The van der Waals surface area contributed by atoms with Gasteiger partial charge in [-0.1, -0.05) is 18.2 Å². The Hall–Kier alpha value is -3.55. The molecule has 8 heteroatoms. The minimum absolute atomic E-state index is 0.0841. The number of anilines is 1. The van der Waals surface area contributed by atoms with Crippen LogP contribution in [0.5, 0.6) is 11.5 Å². The predicted molar refractivity (Wildman–Crippen MR) is 131 cm³/mol. The molecule has 0 saturated carbocycles. The van der Waals surface area contributed by atoms with Gasteiger partial charge in [-0.05, 0) is 43.0 Å². The van der Waals surface area contributed by atoms with E-state index in [9.17, 15) is 14.4 Å². The number of carbonyl (C=O) groups excluding carboxylic acids is 3. The molecule has 0 aliphatic carbocycles. The molecule has 0 aromatic heterocycles. The number of rotatable bonds is 8. The van der Waals surface area contributed by atoms with Crippen molar-refractivity contribution >= 4 is 23.5 Å². The molecule has 0 radical (unpaired) electrons. The van der Waals surface area contributed by atoms with Gasteiger partial charge in [-0.2, -0.15) is 0 Å². The zero-order valence-corrected chi connectivity index (χ0v) is 20.3. The van der Waals surface area contributed by atoms with Gasteiger partial charge in [0.2, 0.25) is 5.91 Å². The van der Waals surface area contributed by atoms with Gasteiger partial charge in [0.15, 0.2) is 0 Å². The number of amides is 2. The summed E-state index contributed by atoms with van der Waals surface area (Å²) in [4.78, 5) is 40.9. The number of esters is 1. The van der Waals surface area contributed by atoms with E-state index in [4.69, 9.17) is 14.2 Å². The Balaban J connectivity index is 1.41. The highest BCUT2D eigenvalue weighted by atomic mass is 16.5. The van der Waals surface area contributed by atoms with Crippen LogP contribution in [-0.4, -0.2) is 62.1 Å². The van der Waals surface area contributed by atoms with E-state index in [1.54, 1.807) is 25.3 Å². The summed E-state index contributed by atoms with van der Waals surface area (Å²) in [5.41, 5.74) is 2.68. The molecule has 2 aliphatic rings. The van der Waals surface area contributed by atoms with Crippen LogP contribution in [-0.2, 0) is 20.7 Å². The molecule has 8 nitrogen and oxygen atoms in total. The van der Waals surface area contributed by atoms with Gasteiger partial charge in [0.1, 0.15) is 11.5 Å². The molecule has 186 valence electrons. The summed E-state index contributed by atoms with van der Waals surface area (Å²) in [6.45, 7) is 3.05. The van der Waals surface area contributed by atoms with Crippen molar-refractivity contribution in [3.05, 3.63) is 53.6 Å². The molecule has 35 heavy (non-hydrogen) atoms. The Morgan fingerprint density at radius 3 is 2.54 bits per heavy atom. The number of para-hydroxylation sites is 1. The number of ether oxygens (including phenoxy) is 3. The summed E-state index contributed by atoms with van der Waals surface area (Å²) in [6, 6.07) is 13.3. The number of hydrogen-bond acceptors (Lipinski definition) is 6. The first-order valence-corrected chi connectivity index (χ1v) is 12.1. The van der Waals surface area contributed by atoms with Crippen molar-refractivity contribution in [2.45, 2.75) is 45.1 Å². The molecular formula is C27H32N2O6. The second kappa shape index (κ2) is 11.3. The minimum Gasteiger partial charge on any atom is -0.497 e. The normalized spacial score (nSPS) is 16.0. The van der Waals surface area contributed by atoms with Crippen LogP contribution in [0.4, 0.5) is 5.69 Å². The first-order valence-electron chi connectivity index (χ1n) is 12.1. The molecule has 0 spiro atoms. The van der Waals surface area contributed by atoms with E-state index in [2.05, 4.69) is 6.07 Å². The third kappa shape index (κ3) is 5.75. The fraction of sp³-hybridized carbons (Fsp3) is 0.444. The molecule has 0 unspecified atom stereocenters. The van der Waals surface area contributed by atoms with Crippen LogP contribution < -0.4 is 14.4 Å². The van der Waals surface area contributed by atoms with Crippen molar-refractivity contribution in [2.75, 3.05) is 38.3 Å². The molecule has 2 aliphatic heterocycles. The lowest BCUT2D eigenvalue weighted by Crippen LogP contribution is -2.50. The highest BCUT2D eigenvalue weighted by Crippen LogP contribution is 2.33. The van der Waals surface area contributed by atoms with E-state index in [1.165, 1.54) is 12.5 Å². The molecule has 0 N–H and O–H groups in total. The monoisotopic (exact) mass is 480 g/mol. The highest BCUT2D eigenvalue weighted by Gasteiger charge is 2.34. The number of fused-ring (bicyclic) bond motifs is 1. The summed E-state index contributed by atoms with van der Waals surface area (Å²) in [5.74, 6) is 0.761. The third-order valence-electron chi connectivity index (χ3n) is 6.52. The Labute approximate surface area is 205 Å². The maximum absolute atomic E-state index is 13.4. The largest absolute Gasteiger partial charge is 0.497 e. The van der Waals surface area contributed by atoms with E-state index in [1.807, 2.05) is 28.0 Å². The second-order valence-electron chi connectivity index (χ2n) is 8.82. The zero-order chi connectivity index (χ0) is 24.8. The summed E-state index contributed by atoms with van der Waals surface area (Å²) < 4.78 is 16.1. The highest BCUT2D eigenvalue weighted by molar-refractivity contribution is 5.98. The van der Waals surface area contributed by atoms with Crippen molar-refractivity contribution in [3.63, 3.8) is 0 Å². The number of hydrogen-bond donors (Lipinski definition) is 0. The van der Waals surface area contributed by atoms with Crippen LogP contribution in [0.25, 0.3) is 0 Å². The molecule has 0 bridgehead atoms. The van der Waals surface area contributed by atoms with Crippen molar-refractivity contribution in [1.29, 1.82) is 0 Å². The average molecular weight is 481 g/mol. The molecule has 2 heterocycles. The fourth-order valence-corrected chi connectivity index (χ4v) is 4.73. The smallest absolute Gasteiger partial charge is 0.302 e. The molecule has 2 amide bonds. The first kappa shape index (κ1) is 24.6. The quantitative estimate of drug-likeness (QED) is 0.424. The Bertz CT molecular complexity index is 1080. The van der Waals surface area contributed by atoms with Crippen molar-refractivity contribution in [3.8, 4) is 11.5 Å².